The van der Waals surface area contributed by atoms with Crippen LogP contribution in [-0.2, 0) is 10.3 Å². The highest BCUT2D eigenvalue weighted by Gasteiger charge is 2.41. The molecule has 45 heavy (non-hydrogen) atoms. The van der Waals surface area contributed by atoms with Crippen molar-refractivity contribution >= 4 is 23.4 Å². The van der Waals surface area contributed by atoms with Crippen molar-refractivity contribution < 1.29 is 32.6 Å². The average Bonchev–Trinajstić information content (AvgIpc) is 3.61. The van der Waals surface area contributed by atoms with Crippen LogP contribution in [0.25, 0.3) is 22.2 Å². The molecule has 4 heterocycles. The van der Waals surface area contributed by atoms with Crippen molar-refractivity contribution in [1.29, 1.82) is 0 Å². The van der Waals surface area contributed by atoms with E-state index < -0.39 is 29.9 Å². The van der Waals surface area contributed by atoms with Crippen molar-refractivity contribution in [3.8, 4) is 22.6 Å². The van der Waals surface area contributed by atoms with Crippen molar-refractivity contribution in [3.05, 3.63) is 71.3 Å². The SMILES string of the molecule is CN(C)C1C[C@H](c2c(C=O)cccc2OC(F)F)n2c1nc1ccc(-c3cnc4c(c3)OCC4(C)NC(=O)OC(C)(C)C)cc12. The molecule has 0 bridgehead atoms. The summed E-state index contributed by atoms with van der Waals surface area (Å²) in [5.74, 6) is 1.27. The topological polar surface area (TPSA) is 108 Å². The summed E-state index contributed by atoms with van der Waals surface area (Å²) >= 11 is 0. The summed E-state index contributed by atoms with van der Waals surface area (Å²) in [5.41, 5.74) is 2.86. The van der Waals surface area contributed by atoms with Crippen LogP contribution in [0.2, 0.25) is 0 Å². The van der Waals surface area contributed by atoms with Gasteiger partial charge in [0.2, 0.25) is 0 Å². The van der Waals surface area contributed by atoms with Crippen molar-refractivity contribution in [1.82, 2.24) is 24.8 Å². The number of hydrogen-bond donors (Lipinski definition) is 1. The minimum Gasteiger partial charge on any atom is -0.489 e. The predicted molar refractivity (Wildman–Crippen MR) is 163 cm³/mol. The van der Waals surface area contributed by atoms with E-state index in [-0.39, 0.29) is 24.0 Å². The van der Waals surface area contributed by atoms with Crippen LogP contribution in [-0.4, -0.2) is 64.7 Å². The van der Waals surface area contributed by atoms with Crippen LogP contribution in [0.5, 0.6) is 11.5 Å². The summed E-state index contributed by atoms with van der Waals surface area (Å²) in [7, 11) is 3.87. The molecular weight excluding hydrogens is 584 g/mol. The Morgan fingerprint density at radius 1 is 1.20 bits per heavy atom. The second-order valence-electron chi connectivity index (χ2n) is 12.8. The maximum atomic E-state index is 13.4. The molecule has 0 radical (unpaired) electrons. The first-order valence-electron chi connectivity index (χ1n) is 14.6. The zero-order valence-corrected chi connectivity index (χ0v) is 25.9. The predicted octanol–water partition coefficient (Wildman–Crippen LogP) is 6.24. The van der Waals surface area contributed by atoms with E-state index in [1.54, 1.807) is 33.0 Å². The molecule has 12 heteroatoms. The van der Waals surface area contributed by atoms with Crippen LogP contribution in [0.15, 0.2) is 48.7 Å². The Morgan fingerprint density at radius 3 is 2.67 bits per heavy atom. The lowest BCUT2D eigenvalue weighted by Crippen LogP contribution is -2.47. The molecular formula is C33H35F2N5O5. The Morgan fingerprint density at radius 2 is 1.98 bits per heavy atom. The van der Waals surface area contributed by atoms with Gasteiger partial charge in [-0.15, -0.1) is 0 Å². The first-order chi connectivity index (χ1) is 21.3. The highest BCUT2D eigenvalue weighted by molar-refractivity contribution is 5.85. The van der Waals surface area contributed by atoms with E-state index in [0.29, 0.717) is 29.7 Å². The fourth-order valence-electron chi connectivity index (χ4n) is 6.23. The lowest BCUT2D eigenvalue weighted by Gasteiger charge is -2.26. The Labute approximate surface area is 259 Å². The summed E-state index contributed by atoms with van der Waals surface area (Å²) in [5, 5.41) is 2.89. The smallest absolute Gasteiger partial charge is 0.408 e. The molecule has 3 atom stereocenters. The minimum absolute atomic E-state index is 0.0361. The Kier molecular flexibility index (Phi) is 7.51. The fraction of sp³-hybridized carbons (Fsp3) is 0.394. The highest BCUT2D eigenvalue weighted by Crippen LogP contribution is 2.47. The first kappa shape index (κ1) is 30.4. The van der Waals surface area contributed by atoms with Gasteiger partial charge in [-0.25, -0.2) is 9.78 Å². The van der Waals surface area contributed by atoms with Gasteiger partial charge in [0, 0.05) is 22.9 Å². The molecule has 2 aliphatic rings. The van der Waals surface area contributed by atoms with Crippen LogP contribution in [0, 0.1) is 0 Å². The van der Waals surface area contributed by atoms with Crippen LogP contribution in [0.4, 0.5) is 13.6 Å². The molecule has 0 saturated carbocycles. The number of benzene rings is 2. The lowest BCUT2D eigenvalue weighted by molar-refractivity contribution is -0.0507. The molecule has 0 aliphatic carbocycles. The van der Waals surface area contributed by atoms with Crippen LogP contribution < -0.4 is 14.8 Å². The quantitative estimate of drug-likeness (QED) is 0.242. The number of aromatic nitrogens is 3. The number of aldehydes is 1. The molecule has 2 unspecified atom stereocenters. The Bertz CT molecular complexity index is 1800. The number of halogens is 2. The zero-order valence-electron chi connectivity index (χ0n) is 25.9. The number of hydrogen-bond acceptors (Lipinski definition) is 8. The third-order valence-electron chi connectivity index (χ3n) is 8.17. The number of ether oxygens (including phenoxy) is 3. The van der Waals surface area contributed by atoms with Gasteiger partial charge in [-0.2, -0.15) is 8.78 Å². The van der Waals surface area contributed by atoms with E-state index in [1.165, 1.54) is 12.1 Å². The number of amides is 1. The highest BCUT2D eigenvalue weighted by atomic mass is 19.3. The number of alkyl carbamates (subject to hydrolysis) is 1. The van der Waals surface area contributed by atoms with Gasteiger partial charge in [-0.1, -0.05) is 18.2 Å². The van der Waals surface area contributed by atoms with Gasteiger partial charge in [-0.3, -0.25) is 14.7 Å². The number of nitrogens with zero attached hydrogens (tertiary/aromatic N) is 4. The lowest BCUT2D eigenvalue weighted by atomic mass is 9.96. The molecule has 0 fully saturated rings. The molecule has 2 aromatic heterocycles. The summed E-state index contributed by atoms with van der Waals surface area (Å²) in [4.78, 5) is 36.3. The molecule has 10 nitrogen and oxygen atoms in total. The van der Waals surface area contributed by atoms with E-state index in [2.05, 4.69) is 10.3 Å². The molecule has 0 spiro atoms. The average molecular weight is 620 g/mol. The van der Waals surface area contributed by atoms with Gasteiger partial charge in [-0.05, 0) is 78.0 Å². The molecule has 2 aliphatic heterocycles. The molecule has 1 N–H and O–H groups in total. The van der Waals surface area contributed by atoms with Crippen LogP contribution in [0.1, 0.15) is 73.6 Å². The normalized spacial score (nSPS) is 20.7. The molecule has 6 rings (SSSR count). The van der Waals surface area contributed by atoms with E-state index in [4.69, 9.17) is 19.2 Å². The molecule has 1 amide bonds. The van der Waals surface area contributed by atoms with Gasteiger partial charge >= 0.3 is 12.7 Å². The summed E-state index contributed by atoms with van der Waals surface area (Å²) in [6.45, 7) is 4.38. The Balaban J connectivity index is 1.41. The number of nitrogens with one attached hydrogen (secondary N) is 1. The molecule has 4 aromatic rings. The molecule has 2 aromatic carbocycles. The standard InChI is InChI=1S/C33H35F2N5O5/c1-32(2,3)45-31(42)38-33(4)17-43-26-13-20(15-36-28(26)33)18-10-11-21-22(12-18)40-23(14-24(39(5)6)29(40)37-21)27-19(16-41)8-7-9-25(27)44-30(34)35/h7-13,15-16,23-24,30H,14,17H2,1-6H3,(H,38,42)/t23-,24?,33?/m1/s1. The summed E-state index contributed by atoms with van der Waals surface area (Å²) in [6.07, 6.45) is 2.34. The summed E-state index contributed by atoms with van der Waals surface area (Å²) in [6, 6.07) is 11.7. The second kappa shape index (κ2) is 11.1. The number of carbonyl (C=O) groups excluding carboxylic acids is 2. The van der Waals surface area contributed by atoms with Crippen molar-refractivity contribution in [2.75, 3.05) is 20.7 Å². The molecule has 0 saturated heterocycles. The van der Waals surface area contributed by atoms with E-state index in [0.717, 1.165) is 28.0 Å². The van der Waals surface area contributed by atoms with Crippen LogP contribution in [0.3, 0.4) is 0 Å². The number of alkyl halides is 2. The summed E-state index contributed by atoms with van der Waals surface area (Å²) < 4.78 is 45.2. The monoisotopic (exact) mass is 619 g/mol. The maximum Gasteiger partial charge on any atom is 0.408 e. The largest absolute Gasteiger partial charge is 0.489 e. The number of fused-ring (bicyclic) bond motifs is 4. The van der Waals surface area contributed by atoms with Gasteiger partial charge in [0.25, 0.3) is 0 Å². The molecule has 236 valence electrons. The van der Waals surface area contributed by atoms with Crippen molar-refractivity contribution in [3.63, 3.8) is 0 Å². The third-order valence-corrected chi connectivity index (χ3v) is 8.17. The Hall–Kier alpha value is -4.58. The van der Waals surface area contributed by atoms with E-state index >= 15 is 0 Å². The van der Waals surface area contributed by atoms with Gasteiger partial charge in [0.15, 0.2) is 6.29 Å². The number of imidazole rings is 1. The minimum atomic E-state index is -3.04. The zero-order chi connectivity index (χ0) is 32.3. The van der Waals surface area contributed by atoms with Gasteiger partial charge in [0.1, 0.15) is 40.8 Å². The number of rotatable bonds is 7. The fourth-order valence-corrected chi connectivity index (χ4v) is 6.23. The third kappa shape index (κ3) is 5.58. The van der Waals surface area contributed by atoms with Crippen molar-refractivity contribution in [2.24, 2.45) is 0 Å². The van der Waals surface area contributed by atoms with Crippen LogP contribution >= 0.6 is 0 Å². The van der Waals surface area contributed by atoms with E-state index in [1.807, 2.05) is 54.8 Å². The maximum absolute atomic E-state index is 13.4. The second-order valence-corrected chi connectivity index (χ2v) is 12.8. The number of pyridine rings is 1. The van der Waals surface area contributed by atoms with Crippen molar-refractivity contribution in [2.45, 2.75) is 64.0 Å². The first-order valence-corrected chi connectivity index (χ1v) is 14.6. The number of carbonyl (C=O) groups is 2. The van der Waals surface area contributed by atoms with Gasteiger partial charge < -0.3 is 24.1 Å². The van der Waals surface area contributed by atoms with Gasteiger partial charge in [0.05, 0.1) is 23.1 Å². The van der Waals surface area contributed by atoms with E-state index in [9.17, 15) is 18.4 Å².